The van der Waals surface area contributed by atoms with Crippen molar-refractivity contribution < 1.29 is 36.4 Å². The van der Waals surface area contributed by atoms with Crippen molar-refractivity contribution in [1.29, 1.82) is 0 Å². The molecule has 0 saturated carbocycles. The van der Waals surface area contributed by atoms with E-state index in [-0.39, 0.29) is 55.3 Å². The van der Waals surface area contributed by atoms with Crippen LogP contribution in [0, 0.1) is 21.7 Å². The number of piperazine rings is 1. The van der Waals surface area contributed by atoms with Crippen LogP contribution in [0.5, 0.6) is 5.75 Å². The number of nitro groups is 1. The number of benzene rings is 3. The fourth-order valence-electron chi connectivity index (χ4n) is 4.81. The highest BCUT2D eigenvalue weighted by Crippen LogP contribution is 2.23. The van der Waals surface area contributed by atoms with Crippen LogP contribution in [0.25, 0.3) is 0 Å². The monoisotopic (exact) mass is 631 g/mol. The normalized spacial score (nSPS) is 14.9. The average Bonchev–Trinajstić information content (AvgIpc) is 3.00. The Morgan fingerprint density at radius 2 is 1.66 bits per heavy atom. The van der Waals surface area contributed by atoms with Crippen molar-refractivity contribution in [2.24, 2.45) is 0 Å². The highest BCUT2D eigenvalue weighted by molar-refractivity contribution is 7.89. The first-order chi connectivity index (χ1) is 20.9. The number of hydrogen-bond donors (Lipinski definition) is 1. The van der Waals surface area contributed by atoms with Gasteiger partial charge >= 0.3 is 0 Å². The SMILES string of the molecule is COc1ccc(N(C)C(=O)[C@H](Cc2cc(F)cc(F)c2)NC(=O)CN2CCN(S(=O)(=O)c3cccc([N+](=O)[O-])c3)CC2)cc1. The Morgan fingerprint density at radius 3 is 2.25 bits per heavy atom. The van der Waals surface area contributed by atoms with Gasteiger partial charge in [-0.2, -0.15) is 4.31 Å². The Hall–Kier alpha value is -4.47. The number of likely N-dealkylation sites (N-methyl/N-ethyl adjacent to an activating group) is 1. The summed E-state index contributed by atoms with van der Waals surface area (Å²) in [6, 6.07) is 13.1. The van der Waals surface area contributed by atoms with Gasteiger partial charge in [0.1, 0.15) is 23.4 Å². The number of nitro benzene ring substituents is 1. The molecular weight excluding hydrogens is 600 g/mol. The third-order valence-corrected chi connectivity index (χ3v) is 9.05. The number of non-ortho nitro benzene ring substituents is 1. The number of methoxy groups -OCH3 is 1. The molecule has 1 saturated heterocycles. The van der Waals surface area contributed by atoms with Gasteiger partial charge in [0.2, 0.25) is 21.8 Å². The summed E-state index contributed by atoms with van der Waals surface area (Å²) in [7, 11) is -0.986. The number of carbonyl (C=O) groups excluding carboxylic acids is 2. The number of amides is 2. The molecule has 234 valence electrons. The van der Waals surface area contributed by atoms with Crippen molar-refractivity contribution in [2.75, 3.05) is 51.8 Å². The van der Waals surface area contributed by atoms with Gasteiger partial charge in [-0.25, -0.2) is 17.2 Å². The maximum atomic E-state index is 13.9. The molecule has 15 heteroatoms. The summed E-state index contributed by atoms with van der Waals surface area (Å²) in [5.41, 5.74) is 0.329. The highest BCUT2D eigenvalue weighted by Gasteiger charge is 2.31. The van der Waals surface area contributed by atoms with Crippen LogP contribution in [0.1, 0.15) is 5.56 Å². The number of nitrogens with zero attached hydrogens (tertiary/aromatic N) is 4. The lowest BCUT2D eigenvalue weighted by Crippen LogP contribution is -2.54. The highest BCUT2D eigenvalue weighted by atomic mass is 32.2. The minimum Gasteiger partial charge on any atom is -0.497 e. The predicted molar refractivity (Wildman–Crippen MR) is 157 cm³/mol. The number of rotatable bonds is 11. The number of halogens is 2. The van der Waals surface area contributed by atoms with E-state index in [9.17, 15) is 36.9 Å². The molecule has 1 fully saturated rings. The molecule has 0 aromatic heterocycles. The van der Waals surface area contributed by atoms with Crippen molar-refractivity contribution in [2.45, 2.75) is 17.4 Å². The van der Waals surface area contributed by atoms with E-state index in [4.69, 9.17) is 4.74 Å². The third-order valence-electron chi connectivity index (χ3n) is 7.15. The summed E-state index contributed by atoms with van der Waals surface area (Å²) in [6.07, 6.45) is -0.186. The number of sulfonamides is 1. The Morgan fingerprint density at radius 1 is 1.02 bits per heavy atom. The largest absolute Gasteiger partial charge is 0.497 e. The van der Waals surface area contributed by atoms with Crippen LogP contribution in [0.15, 0.2) is 71.6 Å². The molecule has 12 nitrogen and oxygen atoms in total. The van der Waals surface area contributed by atoms with Crippen molar-refractivity contribution in [1.82, 2.24) is 14.5 Å². The maximum absolute atomic E-state index is 13.9. The topological polar surface area (TPSA) is 142 Å². The Bertz CT molecular complexity index is 1610. The van der Waals surface area contributed by atoms with Gasteiger partial charge < -0.3 is 15.0 Å². The van der Waals surface area contributed by atoms with Crippen molar-refractivity contribution in [3.63, 3.8) is 0 Å². The summed E-state index contributed by atoms with van der Waals surface area (Å²) in [5.74, 6) is -2.13. The number of hydrogen-bond acceptors (Lipinski definition) is 8. The van der Waals surface area contributed by atoms with E-state index >= 15 is 0 Å². The second-order valence-electron chi connectivity index (χ2n) is 10.1. The fraction of sp³-hybridized carbons (Fsp3) is 0.310. The molecule has 0 aliphatic carbocycles. The van der Waals surface area contributed by atoms with Crippen molar-refractivity contribution in [3.8, 4) is 5.75 Å². The maximum Gasteiger partial charge on any atom is 0.270 e. The average molecular weight is 632 g/mol. The number of carbonyl (C=O) groups is 2. The lowest BCUT2D eigenvalue weighted by Gasteiger charge is -2.34. The second-order valence-corrected chi connectivity index (χ2v) is 12.1. The van der Waals surface area contributed by atoms with E-state index in [1.165, 1.54) is 41.6 Å². The van der Waals surface area contributed by atoms with E-state index in [1.54, 1.807) is 29.2 Å². The van der Waals surface area contributed by atoms with E-state index < -0.39 is 44.4 Å². The van der Waals surface area contributed by atoms with Crippen molar-refractivity contribution >= 4 is 33.2 Å². The molecule has 44 heavy (non-hydrogen) atoms. The Balaban J connectivity index is 1.43. The molecule has 0 radical (unpaired) electrons. The van der Waals surface area contributed by atoms with Crippen LogP contribution in [0.2, 0.25) is 0 Å². The van der Waals surface area contributed by atoms with Gasteiger partial charge in [0.05, 0.1) is 23.5 Å². The Kier molecular flexibility index (Phi) is 10.2. The molecular formula is C29H31F2N5O7S. The number of ether oxygens (including phenoxy) is 1. The van der Waals surface area contributed by atoms with Gasteiger partial charge in [-0.15, -0.1) is 0 Å². The summed E-state index contributed by atoms with van der Waals surface area (Å²) in [6.45, 7) is 0.257. The van der Waals surface area contributed by atoms with Crippen LogP contribution < -0.4 is 15.0 Å². The second kappa shape index (κ2) is 13.9. The molecule has 1 aliphatic heterocycles. The van der Waals surface area contributed by atoms with Gasteiger partial charge in [-0.3, -0.25) is 24.6 Å². The van der Waals surface area contributed by atoms with Crippen molar-refractivity contribution in [3.05, 3.63) is 94.0 Å². The number of nitrogens with one attached hydrogen (secondary N) is 1. The zero-order chi connectivity index (χ0) is 32.0. The van der Waals surface area contributed by atoms with E-state index in [0.29, 0.717) is 17.5 Å². The van der Waals surface area contributed by atoms with Crippen LogP contribution in [-0.4, -0.2) is 87.3 Å². The van der Waals surface area contributed by atoms with Gasteiger partial charge in [-0.1, -0.05) is 6.07 Å². The molecule has 0 spiro atoms. The fourth-order valence-corrected chi connectivity index (χ4v) is 6.27. The van der Waals surface area contributed by atoms with Crippen LogP contribution in [-0.2, 0) is 26.0 Å². The molecule has 1 atom stereocenters. The first kappa shape index (κ1) is 32.4. The Labute approximate surface area is 253 Å². The molecule has 1 N–H and O–H groups in total. The molecule has 2 amide bonds. The summed E-state index contributed by atoms with van der Waals surface area (Å²) >= 11 is 0. The van der Waals surface area contributed by atoms with E-state index in [1.807, 2.05) is 0 Å². The predicted octanol–water partition coefficient (Wildman–Crippen LogP) is 2.58. The molecule has 0 unspecified atom stereocenters. The van der Waals surface area contributed by atoms with Crippen LogP contribution >= 0.6 is 0 Å². The summed E-state index contributed by atoms with van der Waals surface area (Å²) < 4.78 is 60.3. The lowest BCUT2D eigenvalue weighted by molar-refractivity contribution is -0.385. The van der Waals surface area contributed by atoms with Crippen LogP contribution in [0.3, 0.4) is 0 Å². The van der Waals surface area contributed by atoms with E-state index in [2.05, 4.69) is 5.32 Å². The van der Waals surface area contributed by atoms with E-state index in [0.717, 1.165) is 18.2 Å². The first-order valence-electron chi connectivity index (χ1n) is 13.5. The molecule has 1 heterocycles. The molecule has 3 aromatic carbocycles. The third kappa shape index (κ3) is 7.92. The lowest BCUT2D eigenvalue weighted by atomic mass is 10.0. The first-order valence-corrected chi connectivity index (χ1v) is 14.9. The number of anilines is 1. The molecule has 1 aliphatic rings. The van der Waals surface area contributed by atoms with Gasteiger partial charge in [0.25, 0.3) is 5.69 Å². The van der Waals surface area contributed by atoms with Gasteiger partial charge in [0, 0.05) is 63.5 Å². The molecule has 4 rings (SSSR count). The summed E-state index contributed by atoms with van der Waals surface area (Å²) in [5, 5.41) is 13.7. The van der Waals surface area contributed by atoms with Gasteiger partial charge in [0.15, 0.2) is 0 Å². The standard InChI is InChI=1S/C29H31F2N5O7S/c1-33(23-6-8-25(43-2)9-7-23)29(38)27(16-20-14-21(30)17-22(31)15-20)32-28(37)19-34-10-12-35(13-11-34)44(41,42)26-5-3-4-24(18-26)36(39)40/h3-9,14-15,17-18,27H,10-13,16,19H2,1-2H3,(H,32,37)/t27-/m0/s1. The smallest absolute Gasteiger partial charge is 0.270 e. The zero-order valence-corrected chi connectivity index (χ0v) is 24.8. The quantitative estimate of drug-likeness (QED) is 0.252. The zero-order valence-electron chi connectivity index (χ0n) is 24.0. The van der Waals surface area contributed by atoms with Crippen LogP contribution in [0.4, 0.5) is 20.2 Å². The molecule has 3 aromatic rings. The minimum absolute atomic E-state index is 0.0312. The summed E-state index contributed by atoms with van der Waals surface area (Å²) in [4.78, 5) is 39.8. The molecule has 0 bridgehead atoms. The van der Waals surface area contributed by atoms with Gasteiger partial charge in [-0.05, 0) is 48.0 Å². The minimum atomic E-state index is -4.00.